The van der Waals surface area contributed by atoms with E-state index >= 15 is 0 Å². The predicted molar refractivity (Wildman–Crippen MR) is 98.3 cm³/mol. The second-order valence-electron chi connectivity index (χ2n) is 5.97. The minimum Gasteiger partial charge on any atom is -0.381 e. The predicted octanol–water partition coefficient (Wildman–Crippen LogP) is 3.52. The molecule has 0 unspecified atom stereocenters. The van der Waals surface area contributed by atoms with Crippen LogP contribution >= 0.6 is 0 Å². The number of ether oxygens (including phenoxy) is 2. The molecular weight excluding hydrogens is 302 g/mol. The molecule has 0 radical (unpaired) electrons. The lowest BCUT2D eigenvalue weighted by atomic mass is 10.1. The van der Waals surface area contributed by atoms with Crippen LogP contribution in [0.25, 0.3) is 0 Å². The van der Waals surface area contributed by atoms with E-state index in [0.29, 0.717) is 32.7 Å². The van der Waals surface area contributed by atoms with Gasteiger partial charge < -0.3 is 14.8 Å². The molecule has 24 heavy (non-hydrogen) atoms. The lowest BCUT2D eigenvalue weighted by molar-refractivity contribution is -0.120. The molecular formula is C20H33NO3. The Morgan fingerprint density at radius 3 is 2.58 bits per heavy atom. The molecule has 1 aromatic rings. The number of Topliss-reactive ketones (excluding diaryl/α,β-unsaturated/α-hetero) is 1. The van der Waals surface area contributed by atoms with E-state index in [1.807, 2.05) is 0 Å². The van der Waals surface area contributed by atoms with E-state index in [1.54, 1.807) is 0 Å². The Kier molecular flexibility index (Phi) is 12.3. The molecule has 0 spiro atoms. The molecule has 4 heteroatoms. The average Bonchev–Trinajstić information content (AvgIpc) is 2.61. The Labute approximate surface area is 146 Å². The van der Waals surface area contributed by atoms with Crippen molar-refractivity contribution in [3.63, 3.8) is 0 Å². The summed E-state index contributed by atoms with van der Waals surface area (Å²) in [6.07, 6.45) is 4.01. The number of hydrogen-bond acceptors (Lipinski definition) is 4. The fourth-order valence-corrected chi connectivity index (χ4v) is 2.37. The molecule has 136 valence electrons. The van der Waals surface area contributed by atoms with E-state index in [2.05, 4.69) is 43.4 Å². The maximum atomic E-state index is 11.7. The van der Waals surface area contributed by atoms with Crippen LogP contribution in [0.3, 0.4) is 0 Å². The Morgan fingerprint density at radius 1 is 1.00 bits per heavy atom. The van der Waals surface area contributed by atoms with Crippen LogP contribution in [0, 0.1) is 0 Å². The van der Waals surface area contributed by atoms with Gasteiger partial charge in [-0.05, 0) is 30.4 Å². The maximum absolute atomic E-state index is 11.7. The molecule has 1 N–H and O–H groups in total. The zero-order valence-corrected chi connectivity index (χ0v) is 15.3. The van der Waals surface area contributed by atoms with Crippen molar-refractivity contribution in [1.29, 1.82) is 0 Å². The molecule has 0 heterocycles. The van der Waals surface area contributed by atoms with Crippen LogP contribution in [0.4, 0.5) is 0 Å². The van der Waals surface area contributed by atoms with Crippen molar-refractivity contribution in [3.8, 4) is 0 Å². The number of carbonyl (C=O) groups is 1. The van der Waals surface area contributed by atoms with Gasteiger partial charge in [0, 0.05) is 39.1 Å². The van der Waals surface area contributed by atoms with Crippen LogP contribution in [-0.4, -0.2) is 38.8 Å². The van der Waals surface area contributed by atoms with Crippen molar-refractivity contribution in [2.24, 2.45) is 0 Å². The number of rotatable bonds is 15. The fraction of sp³-hybridized carbons (Fsp3) is 0.650. The fourth-order valence-electron chi connectivity index (χ4n) is 2.37. The highest BCUT2D eigenvalue weighted by atomic mass is 16.5. The van der Waals surface area contributed by atoms with Gasteiger partial charge in [0.2, 0.25) is 0 Å². The summed E-state index contributed by atoms with van der Waals surface area (Å²) >= 11 is 0. The van der Waals surface area contributed by atoms with Crippen LogP contribution in [0.2, 0.25) is 0 Å². The minimum atomic E-state index is 0.263. The largest absolute Gasteiger partial charge is 0.381 e. The number of benzene rings is 1. The molecule has 0 amide bonds. The lowest BCUT2D eigenvalue weighted by Gasteiger charge is -2.07. The monoisotopic (exact) mass is 335 g/mol. The number of carbonyl (C=O) groups excluding carboxylic acids is 1. The van der Waals surface area contributed by atoms with Gasteiger partial charge in [-0.1, -0.05) is 38.1 Å². The summed E-state index contributed by atoms with van der Waals surface area (Å²) in [5, 5.41) is 3.37. The van der Waals surface area contributed by atoms with Crippen LogP contribution < -0.4 is 5.32 Å². The van der Waals surface area contributed by atoms with Crippen molar-refractivity contribution in [1.82, 2.24) is 5.32 Å². The second-order valence-corrected chi connectivity index (χ2v) is 5.97. The van der Waals surface area contributed by atoms with Gasteiger partial charge in [-0.15, -0.1) is 0 Å². The van der Waals surface area contributed by atoms with E-state index < -0.39 is 0 Å². The highest BCUT2D eigenvalue weighted by Crippen LogP contribution is 2.05. The lowest BCUT2D eigenvalue weighted by Crippen LogP contribution is -2.20. The summed E-state index contributed by atoms with van der Waals surface area (Å²) in [5.41, 5.74) is 2.67. The summed E-state index contributed by atoms with van der Waals surface area (Å²) in [4.78, 5) is 11.7. The Balaban J connectivity index is 1.93. The maximum Gasteiger partial charge on any atom is 0.135 e. The Morgan fingerprint density at radius 2 is 1.79 bits per heavy atom. The highest BCUT2D eigenvalue weighted by Gasteiger charge is 2.02. The van der Waals surface area contributed by atoms with Gasteiger partial charge in [0.25, 0.3) is 0 Å². The zero-order valence-electron chi connectivity index (χ0n) is 15.3. The molecule has 0 fully saturated rings. The third-order valence-corrected chi connectivity index (χ3v) is 3.77. The minimum absolute atomic E-state index is 0.263. The van der Waals surface area contributed by atoms with Gasteiger partial charge in [-0.3, -0.25) is 4.79 Å². The van der Waals surface area contributed by atoms with E-state index in [1.165, 1.54) is 11.1 Å². The van der Waals surface area contributed by atoms with Crippen molar-refractivity contribution in [2.75, 3.05) is 33.0 Å². The van der Waals surface area contributed by atoms with Crippen LogP contribution in [0.5, 0.6) is 0 Å². The third kappa shape index (κ3) is 10.5. The Bertz CT molecular complexity index is 448. The van der Waals surface area contributed by atoms with E-state index in [4.69, 9.17) is 9.47 Å². The van der Waals surface area contributed by atoms with Gasteiger partial charge >= 0.3 is 0 Å². The van der Waals surface area contributed by atoms with Crippen LogP contribution in [0.15, 0.2) is 24.3 Å². The van der Waals surface area contributed by atoms with Gasteiger partial charge in [0.1, 0.15) is 5.78 Å². The van der Waals surface area contributed by atoms with Crippen LogP contribution in [0.1, 0.15) is 50.7 Å². The molecule has 0 atom stereocenters. The summed E-state index contributed by atoms with van der Waals surface area (Å²) in [5.74, 6) is 0.263. The van der Waals surface area contributed by atoms with Gasteiger partial charge in [0.05, 0.1) is 13.2 Å². The first-order valence-corrected chi connectivity index (χ1v) is 9.22. The third-order valence-electron chi connectivity index (χ3n) is 3.77. The molecule has 0 aromatic heterocycles. The van der Waals surface area contributed by atoms with Gasteiger partial charge in [0.15, 0.2) is 0 Å². The van der Waals surface area contributed by atoms with E-state index in [9.17, 15) is 4.79 Å². The Hall–Kier alpha value is -1.23. The molecule has 1 rings (SSSR count). The molecule has 0 bridgehead atoms. The first-order chi connectivity index (χ1) is 11.8. The van der Waals surface area contributed by atoms with Crippen LogP contribution in [-0.2, 0) is 27.2 Å². The number of aryl methyl sites for hydroxylation is 1. The molecule has 0 aliphatic rings. The normalized spacial score (nSPS) is 10.9. The first-order valence-electron chi connectivity index (χ1n) is 9.22. The van der Waals surface area contributed by atoms with Gasteiger partial charge in [-0.2, -0.15) is 0 Å². The molecule has 4 nitrogen and oxygen atoms in total. The van der Waals surface area contributed by atoms with Gasteiger partial charge in [-0.25, -0.2) is 0 Å². The topological polar surface area (TPSA) is 47.6 Å². The van der Waals surface area contributed by atoms with E-state index in [-0.39, 0.29) is 5.78 Å². The number of ketones is 1. The summed E-state index contributed by atoms with van der Waals surface area (Å²) in [6.45, 7) is 8.53. The first kappa shape index (κ1) is 20.8. The van der Waals surface area contributed by atoms with E-state index in [0.717, 1.165) is 39.0 Å². The molecule has 0 saturated carbocycles. The number of nitrogens with one attached hydrogen (secondary N) is 1. The summed E-state index contributed by atoms with van der Waals surface area (Å²) in [7, 11) is 0. The van der Waals surface area contributed by atoms with Crippen molar-refractivity contribution >= 4 is 5.78 Å². The quantitative estimate of drug-likeness (QED) is 0.498. The molecule has 0 saturated heterocycles. The van der Waals surface area contributed by atoms with Crippen molar-refractivity contribution in [2.45, 2.75) is 52.5 Å². The summed E-state index contributed by atoms with van der Waals surface area (Å²) in [6, 6.07) is 8.62. The standard InChI is InChI=1S/C20H33NO3/c1-3-12-23-13-6-9-20(22)10-14-24-15-11-21-17-19-8-5-7-18(4-2)16-19/h5,7-8,16,21H,3-4,6,9-15,17H2,1-2H3. The summed E-state index contributed by atoms with van der Waals surface area (Å²) < 4.78 is 10.9. The highest BCUT2D eigenvalue weighted by molar-refractivity contribution is 5.78. The SMILES string of the molecule is CCCOCCCC(=O)CCOCCNCc1cccc(CC)c1. The smallest absolute Gasteiger partial charge is 0.135 e. The number of hydrogen-bond donors (Lipinski definition) is 1. The molecule has 0 aliphatic heterocycles. The van der Waals surface area contributed by atoms with Crippen molar-refractivity contribution in [3.05, 3.63) is 35.4 Å². The second kappa shape index (κ2) is 14.1. The van der Waals surface area contributed by atoms with Crippen molar-refractivity contribution < 1.29 is 14.3 Å². The molecule has 1 aromatic carbocycles. The average molecular weight is 335 g/mol. The zero-order chi connectivity index (χ0) is 17.5. The molecule has 0 aliphatic carbocycles.